The zero-order chi connectivity index (χ0) is 22.7. The van der Waals surface area contributed by atoms with E-state index in [1.807, 2.05) is 13.8 Å². The van der Waals surface area contributed by atoms with Crippen molar-refractivity contribution in [1.82, 2.24) is 14.8 Å². The monoisotopic (exact) mass is 458 g/mol. The Bertz CT molecular complexity index is 1100. The minimum atomic E-state index is -3.61. The zero-order valence-corrected chi connectivity index (χ0v) is 19.3. The van der Waals surface area contributed by atoms with Gasteiger partial charge in [0.05, 0.1) is 4.90 Å². The van der Waals surface area contributed by atoms with Crippen LogP contribution in [-0.4, -0.2) is 41.9 Å². The number of piperidine rings is 1. The SMILES string of the molecule is CC(C)(N)c1ccc(S(=O)(=O)N2[C@@H]3CC[C@H]2CC(NC(=O)c2cc(C4CC4)on2)C3)cc1. The highest BCUT2D eigenvalue weighted by molar-refractivity contribution is 7.89. The second-order valence-electron chi connectivity index (χ2n) is 10.00. The number of fused-ring (bicyclic) bond motifs is 2. The molecule has 1 saturated carbocycles. The fraction of sp³-hybridized carbons (Fsp3) is 0.565. The van der Waals surface area contributed by atoms with Crippen molar-refractivity contribution in [3.8, 4) is 0 Å². The van der Waals surface area contributed by atoms with Gasteiger partial charge in [-0.1, -0.05) is 17.3 Å². The van der Waals surface area contributed by atoms with Gasteiger partial charge in [-0.15, -0.1) is 0 Å². The smallest absolute Gasteiger partial charge is 0.273 e. The van der Waals surface area contributed by atoms with Crippen LogP contribution in [0.15, 0.2) is 39.8 Å². The fourth-order valence-electron chi connectivity index (χ4n) is 5.04. The topological polar surface area (TPSA) is 119 Å². The Labute approximate surface area is 188 Å². The second kappa shape index (κ2) is 7.67. The molecule has 1 amide bonds. The molecule has 0 spiro atoms. The first-order valence-electron chi connectivity index (χ1n) is 11.3. The van der Waals surface area contributed by atoms with Gasteiger partial charge in [-0.05, 0) is 70.1 Å². The van der Waals surface area contributed by atoms with Crippen LogP contribution in [0.25, 0.3) is 0 Å². The second-order valence-corrected chi connectivity index (χ2v) is 11.8. The quantitative estimate of drug-likeness (QED) is 0.687. The van der Waals surface area contributed by atoms with Gasteiger partial charge in [0.15, 0.2) is 5.69 Å². The molecular weight excluding hydrogens is 428 g/mol. The summed E-state index contributed by atoms with van der Waals surface area (Å²) in [5, 5.41) is 6.96. The van der Waals surface area contributed by atoms with Crippen LogP contribution in [0.3, 0.4) is 0 Å². The lowest BCUT2D eigenvalue weighted by atomic mass is 9.96. The van der Waals surface area contributed by atoms with Crippen molar-refractivity contribution in [2.45, 2.75) is 86.9 Å². The Hall–Kier alpha value is -2.23. The van der Waals surface area contributed by atoms with Crippen LogP contribution >= 0.6 is 0 Å². The van der Waals surface area contributed by atoms with Crippen molar-refractivity contribution in [3.63, 3.8) is 0 Å². The Morgan fingerprint density at radius 3 is 2.31 bits per heavy atom. The fourth-order valence-corrected chi connectivity index (χ4v) is 6.93. The molecule has 5 rings (SSSR count). The van der Waals surface area contributed by atoms with E-state index in [1.165, 1.54) is 0 Å². The summed E-state index contributed by atoms with van der Waals surface area (Å²) in [5.41, 5.74) is 6.79. The van der Waals surface area contributed by atoms with Crippen LogP contribution in [-0.2, 0) is 15.6 Å². The van der Waals surface area contributed by atoms with E-state index in [0.717, 1.165) is 37.0 Å². The van der Waals surface area contributed by atoms with Crippen LogP contribution < -0.4 is 11.1 Å². The van der Waals surface area contributed by atoms with Crippen LogP contribution in [0.1, 0.15) is 80.1 Å². The molecule has 32 heavy (non-hydrogen) atoms. The number of aromatic nitrogens is 1. The number of nitrogens with zero attached hydrogens (tertiary/aromatic N) is 2. The number of nitrogens with one attached hydrogen (secondary N) is 1. The van der Waals surface area contributed by atoms with Gasteiger partial charge in [0.2, 0.25) is 10.0 Å². The van der Waals surface area contributed by atoms with Crippen molar-refractivity contribution >= 4 is 15.9 Å². The molecule has 2 aromatic rings. The lowest BCUT2D eigenvalue weighted by Crippen LogP contribution is -2.52. The molecule has 2 aliphatic heterocycles. The number of rotatable bonds is 6. The average Bonchev–Trinajstić information content (AvgIpc) is 3.39. The molecule has 9 heteroatoms. The zero-order valence-electron chi connectivity index (χ0n) is 18.5. The molecule has 0 radical (unpaired) electrons. The van der Waals surface area contributed by atoms with Gasteiger partial charge in [0, 0.05) is 35.6 Å². The number of nitrogens with two attached hydrogens (primary N) is 1. The molecule has 172 valence electrons. The Morgan fingerprint density at radius 1 is 1.12 bits per heavy atom. The third-order valence-corrected chi connectivity index (χ3v) is 8.94. The Balaban J connectivity index is 1.27. The lowest BCUT2D eigenvalue weighted by molar-refractivity contribution is 0.0900. The predicted molar refractivity (Wildman–Crippen MR) is 118 cm³/mol. The van der Waals surface area contributed by atoms with Gasteiger partial charge >= 0.3 is 0 Å². The Kier molecular flexibility index (Phi) is 5.18. The number of carbonyl (C=O) groups excluding carboxylic acids is 1. The lowest BCUT2D eigenvalue weighted by Gasteiger charge is -2.38. The summed E-state index contributed by atoms with van der Waals surface area (Å²) in [6.07, 6.45) is 4.98. The van der Waals surface area contributed by atoms with Gasteiger partial charge < -0.3 is 15.6 Å². The summed E-state index contributed by atoms with van der Waals surface area (Å²) in [7, 11) is -3.61. The van der Waals surface area contributed by atoms with Crippen molar-refractivity contribution in [2.24, 2.45) is 5.73 Å². The minimum absolute atomic E-state index is 0.0760. The number of carbonyl (C=O) groups is 1. The molecule has 3 atom stereocenters. The predicted octanol–water partition coefficient (Wildman–Crippen LogP) is 2.86. The van der Waals surface area contributed by atoms with Crippen molar-refractivity contribution in [1.29, 1.82) is 0 Å². The van der Waals surface area contributed by atoms with Gasteiger partial charge in [0.25, 0.3) is 5.91 Å². The standard InChI is InChI=1S/C23H30N4O4S/c1-23(2,24)15-5-9-19(10-6-15)32(29,30)27-17-7-8-18(27)12-16(11-17)25-22(28)20-13-21(31-26-20)14-3-4-14/h5-6,9-10,13-14,16-18H,3-4,7-8,11-12,24H2,1-2H3,(H,25,28)/t16?,17-,18+. The van der Waals surface area contributed by atoms with Gasteiger partial charge in [0.1, 0.15) is 5.76 Å². The van der Waals surface area contributed by atoms with E-state index < -0.39 is 15.6 Å². The third kappa shape index (κ3) is 3.97. The van der Waals surface area contributed by atoms with E-state index >= 15 is 0 Å². The summed E-state index contributed by atoms with van der Waals surface area (Å²) in [4.78, 5) is 12.9. The molecule has 3 N–H and O–H groups in total. The average molecular weight is 459 g/mol. The van der Waals surface area contributed by atoms with Crippen LogP contribution in [0, 0.1) is 0 Å². The first-order chi connectivity index (χ1) is 15.1. The molecule has 1 aromatic heterocycles. The van der Waals surface area contributed by atoms with Crippen LogP contribution in [0.4, 0.5) is 0 Å². The number of hydrogen-bond donors (Lipinski definition) is 2. The van der Waals surface area contributed by atoms with Crippen molar-refractivity contribution < 1.29 is 17.7 Å². The van der Waals surface area contributed by atoms with Crippen LogP contribution in [0.2, 0.25) is 0 Å². The van der Waals surface area contributed by atoms with Crippen molar-refractivity contribution in [3.05, 3.63) is 47.3 Å². The van der Waals surface area contributed by atoms with Crippen molar-refractivity contribution in [2.75, 3.05) is 0 Å². The van der Waals surface area contributed by atoms with E-state index in [4.69, 9.17) is 10.3 Å². The third-order valence-electron chi connectivity index (χ3n) is 6.92. The summed E-state index contributed by atoms with van der Waals surface area (Å²) in [6.45, 7) is 3.78. The molecule has 1 aromatic carbocycles. The van der Waals surface area contributed by atoms with Gasteiger partial charge in [-0.2, -0.15) is 4.31 Å². The summed E-state index contributed by atoms with van der Waals surface area (Å²) in [5.74, 6) is 0.930. The summed E-state index contributed by atoms with van der Waals surface area (Å²) >= 11 is 0. The molecule has 3 aliphatic rings. The molecule has 3 heterocycles. The maximum Gasteiger partial charge on any atom is 0.273 e. The maximum absolute atomic E-state index is 13.4. The van der Waals surface area contributed by atoms with Crippen LogP contribution in [0.5, 0.6) is 0 Å². The minimum Gasteiger partial charge on any atom is -0.360 e. The number of sulfonamides is 1. The van der Waals surface area contributed by atoms with E-state index in [0.29, 0.717) is 29.3 Å². The molecule has 8 nitrogen and oxygen atoms in total. The van der Waals surface area contributed by atoms with E-state index in [1.54, 1.807) is 34.6 Å². The highest BCUT2D eigenvalue weighted by Crippen LogP contribution is 2.41. The first kappa shape index (κ1) is 21.6. The highest BCUT2D eigenvalue weighted by Gasteiger charge is 2.47. The number of benzene rings is 1. The Morgan fingerprint density at radius 2 is 1.75 bits per heavy atom. The molecule has 2 bridgehead atoms. The largest absolute Gasteiger partial charge is 0.360 e. The van der Waals surface area contributed by atoms with Gasteiger partial charge in [-0.3, -0.25) is 4.79 Å². The van der Waals surface area contributed by atoms with E-state index in [9.17, 15) is 13.2 Å². The normalized spacial score (nSPS) is 26.3. The highest BCUT2D eigenvalue weighted by atomic mass is 32.2. The summed E-state index contributed by atoms with van der Waals surface area (Å²) in [6, 6.07) is 8.29. The maximum atomic E-state index is 13.4. The molecule has 1 aliphatic carbocycles. The van der Waals surface area contributed by atoms with E-state index in [2.05, 4.69) is 10.5 Å². The summed E-state index contributed by atoms with van der Waals surface area (Å²) < 4.78 is 33.8. The molecule has 3 fully saturated rings. The molecular formula is C23H30N4O4S. The first-order valence-corrected chi connectivity index (χ1v) is 12.8. The van der Waals surface area contributed by atoms with E-state index in [-0.39, 0.29) is 24.0 Å². The number of hydrogen-bond acceptors (Lipinski definition) is 6. The number of amides is 1. The molecule has 2 saturated heterocycles. The molecule has 1 unspecified atom stereocenters. The van der Waals surface area contributed by atoms with Gasteiger partial charge in [-0.25, -0.2) is 8.42 Å².